The second-order valence-corrected chi connectivity index (χ2v) is 7.71. The lowest BCUT2D eigenvalue weighted by Crippen LogP contribution is -2.43. The van der Waals surface area contributed by atoms with Gasteiger partial charge in [-0.2, -0.15) is 0 Å². The van der Waals surface area contributed by atoms with Gasteiger partial charge in [-0.3, -0.25) is 9.69 Å². The first-order chi connectivity index (χ1) is 14.0. The first kappa shape index (κ1) is 19.1. The lowest BCUT2D eigenvalue weighted by atomic mass is 9.93. The van der Waals surface area contributed by atoms with Gasteiger partial charge in [0.2, 0.25) is 0 Å². The Kier molecular flexibility index (Phi) is 5.01. The molecule has 29 heavy (non-hydrogen) atoms. The molecular formula is C25H26N2O2. The van der Waals surface area contributed by atoms with Gasteiger partial charge in [0.1, 0.15) is 11.9 Å². The Hall–Kier alpha value is -3.27. The third kappa shape index (κ3) is 3.35. The molecule has 1 aliphatic rings. The number of amides is 1. The Labute approximate surface area is 172 Å². The molecular weight excluding hydrogens is 360 g/mol. The van der Waals surface area contributed by atoms with Crippen molar-refractivity contribution in [2.24, 2.45) is 0 Å². The average Bonchev–Trinajstić information content (AvgIpc) is 2.74. The molecule has 3 aromatic rings. The number of benzene rings is 3. The number of carbonyl (C=O) groups excluding carboxylic acids is 1. The van der Waals surface area contributed by atoms with E-state index in [9.17, 15) is 4.79 Å². The molecule has 1 aliphatic heterocycles. The normalized spacial score (nSPS) is 15.8. The van der Waals surface area contributed by atoms with Crippen LogP contribution in [0.3, 0.4) is 0 Å². The van der Waals surface area contributed by atoms with Crippen LogP contribution in [0.4, 0.5) is 11.4 Å². The van der Waals surface area contributed by atoms with Crippen LogP contribution < -0.4 is 15.0 Å². The summed E-state index contributed by atoms with van der Waals surface area (Å²) in [4.78, 5) is 15.4. The van der Waals surface area contributed by atoms with Crippen LogP contribution in [-0.4, -0.2) is 13.0 Å². The lowest BCUT2D eigenvalue weighted by Gasteiger charge is -2.39. The Morgan fingerprint density at radius 1 is 1.00 bits per heavy atom. The van der Waals surface area contributed by atoms with Crippen molar-refractivity contribution >= 4 is 17.3 Å². The van der Waals surface area contributed by atoms with E-state index < -0.39 is 0 Å². The largest absolute Gasteiger partial charge is 0.496 e. The fourth-order valence-corrected chi connectivity index (χ4v) is 3.96. The lowest BCUT2D eigenvalue weighted by molar-refractivity contribution is 0.0975. The third-order valence-electron chi connectivity index (χ3n) is 5.50. The molecule has 1 N–H and O–H groups in total. The molecule has 0 aliphatic carbocycles. The van der Waals surface area contributed by atoms with Gasteiger partial charge in [-0.25, -0.2) is 0 Å². The highest BCUT2D eigenvalue weighted by atomic mass is 16.5. The summed E-state index contributed by atoms with van der Waals surface area (Å²) in [5, 5.41) is 3.60. The van der Waals surface area contributed by atoms with Crippen LogP contribution in [0.5, 0.6) is 5.75 Å². The molecule has 0 saturated heterocycles. The van der Waals surface area contributed by atoms with E-state index in [0.717, 1.165) is 33.8 Å². The van der Waals surface area contributed by atoms with Crippen LogP contribution in [-0.2, 0) is 0 Å². The number of nitrogens with zero attached hydrogens (tertiary/aromatic N) is 1. The summed E-state index contributed by atoms with van der Waals surface area (Å²) in [6, 6.07) is 21.8. The minimum Gasteiger partial charge on any atom is -0.496 e. The maximum absolute atomic E-state index is 13.5. The molecule has 4 rings (SSSR count). The predicted octanol–water partition coefficient (Wildman–Crippen LogP) is 5.90. The zero-order chi connectivity index (χ0) is 20.5. The molecule has 148 valence electrons. The summed E-state index contributed by atoms with van der Waals surface area (Å²) < 4.78 is 5.62. The van der Waals surface area contributed by atoms with Crippen LogP contribution in [0.1, 0.15) is 53.0 Å². The highest BCUT2D eigenvalue weighted by molar-refractivity contribution is 6.12. The monoisotopic (exact) mass is 386 g/mol. The minimum atomic E-state index is -0.303. The summed E-state index contributed by atoms with van der Waals surface area (Å²) in [5.74, 6) is 1.19. The highest BCUT2D eigenvalue weighted by Crippen LogP contribution is 2.40. The smallest absolute Gasteiger partial charge is 0.262 e. The molecule has 0 radical (unpaired) electrons. The predicted molar refractivity (Wildman–Crippen MR) is 118 cm³/mol. The Bertz CT molecular complexity index is 1040. The van der Waals surface area contributed by atoms with Gasteiger partial charge in [0.25, 0.3) is 5.91 Å². The number of anilines is 2. The van der Waals surface area contributed by atoms with Crippen molar-refractivity contribution in [2.75, 3.05) is 17.3 Å². The van der Waals surface area contributed by atoms with Crippen molar-refractivity contribution < 1.29 is 9.53 Å². The van der Waals surface area contributed by atoms with E-state index in [2.05, 4.69) is 38.2 Å². The SMILES string of the molecule is COc1cc(C)c([C@@H]2Nc3ccccc3C(=O)N2c2ccccc2)cc1C(C)C. The van der Waals surface area contributed by atoms with E-state index >= 15 is 0 Å². The number of methoxy groups -OCH3 is 1. The fraction of sp³-hybridized carbons (Fsp3) is 0.240. The first-order valence-corrected chi connectivity index (χ1v) is 9.94. The number of fused-ring (bicyclic) bond motifs is 1. The standard InChI is InChI=1S/C25H26N2O2/c1-16(2)20-15-21(17(3)14-23(20)29-4)24-26-22-13-9-8-12-19(22)25(28)27(24)18-10-6-5-7-11-18/h5-16,24,26H,1-4H3/t24-/m1/s1. The van der Waals surface area contributed by atoms with Crippen LogP contribution in [0.2, 0.25) is 0 Å². The van der Waals surface area contributed by atoms with Crippen LogP contribution in [0.25, 0.3) is 0 Å². The molecule has 1 atom stereocenters. The third-order valence-corrected chi connectivity index (χ3v) is 5.50. The van der Waals surface area contributed by atoms with Crippen molar-refractivity contribution in [1.82, 2.24) is 0 Å². The topological polar surface area (TPSA) is 41.6 Å². The maximum atomic E-state index is 13.5. The Balaban J connectivity index is 1.91. The van der Waals surface area contributed by atoms with Crippen LogP contribution in [0.15, 0.2) is 66.7 Å². The molecule has 1 heterocycles. The molecule has 4 heteroatoms. The zero-order valence-electron chi connectivity index (χ0n) is 17.3. The van der Waals surface area contributed by atoms with Crippen molar-refractivity contribution in [2.45, 2.75) is 32.9 Å². The molecule has 0 bridgehead atoms. The number of hydrogen-bond donors (Lipinski definition) is 1. The molecule has 3 aromatic carbocycles. The number of rotatable bonds is 4. The van der Waals surface area contributed by atoms with Gasteiger partial charge in [-0.1, -0.05) is 44.2 Å². The zero-order valence-corrected chi connectivity index (χ0v) is 17.3. The first-order valence-electron chi connectivity index (χ1n) is 9.94. The van der Waals surface area contributed by atoms with Gasteiger partial charge in [0, 0.05) is 11.4 Å². The number of aryl methyl sites for hydroxylation is 1. The van der Waals surface area contributed by atoms with E-state index in [1.165, 1.54) is 0 Å². The maximum Gasteiger partial charge on any atom is 0.262 e. The van der Waals surface area contributed by atoms with Crippen molar-refractivity contribution in [3.05, 3.63) is 89.0 Å². The van der Waals surface area contributed by atoms with Gasteiger partial charge in [0.15, 0.2) is 0 Å². The molecule has 4 nitrogen and oxygen atoms in total. The van der Waals surface area contributed by atoms with Crippen LogP contribution in [0, 0.1) is 6.92 Å². The van der Waals surface area contributed by atoms with E-state index in [1.807, 2.05) is 59.5 Å². The van der Waals surface area contributed by atoms with Crippen molar-refractivity contribution in [3.63, 3.8) is 0 Å². The summed E-state index contributed by atoms with van der Waals surface area (Å²) >= 11 is 0. The molecule has 0 saturated carbocycles. The molecule has 1 amide bonds. The van der Waals surface area contributed by atoms with Crippen molar-refractivity contribution in [1.29, 1.82) is 0 Å². The van der Waals surface area contributed by atoms with Gasteiger partial charge < -0.3 is 10.1 Å². The second kappa shape index (κ2) is 7.63. The van der Waals surface area contributed by atoms with Gasteiger partial charge in [0.05, 0.1) is 12.7 Å². The van der Waals surface area contributed by atoms with E-state index in [1.54, 1.807) is 7.11 Å². The molecule has 0 fully saturated rings. The highest BCUT2D eigenvalue weighted by Gasteiger charge is 2.35. The second-order valence-electron chi connectivity index (χ2n) is 7.71. The molecule has 0 unspecified atom stereocenters. The Morgan fingerprint density at radius 3 is 2.38 bits per heavy atom. The summed E-state index contributed by atoms with van der Waals surface area (Å²) in [6.07, 6.45) is -0.303. The van der Waals surface area contributed by atoms with E-state index in [4.69, 9.17) is 4.74 Å². The van der Waals surface area contributed by atoms with Crippen molar-refractivity contribution in [3.8, 4) is 5.75 Å². The van der Waals surface area contributed by atoms with Gasteiger partial charge >= 0.3 is 0 Å². The van der Waals surface area contributed by atoms with Gasteiger partial charge in [-0.05, 0) is 65.9 Å². The average molecular weight is 386 g/mol. The number of ether oxygens (including phenoxy) is 1. The molecule has 0 spiro atoms. The fourth-order valence-electron chi connectivity index (χ4n) is 3.96. The number of hydrogen-bond acceptors (Lipinski definition) is 3. The van der Waals surface area contributed by atoms with E-state index in [-0.39, 0.29) is 12.1 Å². The summed E-state index contributed by atoms with van der Waals surface area (Å²) in [7, 11) is 1.70. The quantitative estimate of drug-likeness (QED) is 0.607. The number of carbonyl (C=O) groups is 1. The minimum absolute atomic E-state index is 0.00290. The number of para-hydroxylation sites is 2. The summed E-state index contributed by atoms with van der Waals surface area (Å²) in [6.45, 7) is 6.37. The van der Waals surface area contributed by atoms with E-state index in [0.29, 0.717) is 11.5 Å². The number of nitrogens with one attached hydrogen (secondary N) is 1. The van der Waals surface area contributed by atoms with Gasteiger partial charge in [-0.15, -0.1) is 0 Å². The summed E-state index contributed by atoms with van der Waals surface area (Å²) in [5.41, 5.74) is 5.69. The Morgan fingerprint density at radius 2 is 1.69 bits per heavy atom. The molecule has 0 aromatic heterocycles. The van der Waals surface area contributed by atoms with Crippen LogP contribution >= 0.6 is 0 Å².